The van der Waals surface area contributed by atoms with E-state index in [2.05, 4.69) is 15.4 Å². The van der Waals surface area contributed by atoms with Gasteiger partial charge < -0.3 is 14.8 Å². The number of allylic oxidation sites excluding steroid dienone is 2. The van der Waals surface area contributed by atoms with Crippen molar-refractivity contribution in [3.8, 4) is 22.9 Å². The largest absolute Gasteiger partial charge is 0.493 e. The maximum Gasteiger partial charge on any atom is 0.226 e. The van der Waals surface area contributed by atoms with Crippen LogP contribution in [0.4, 0.5) is 10.3 Å². The minimum atomic E-state index is -0.494. The second-order valence-corrected chi connectivity index (χ2v) is 7.49. The molecule has 2 aromatic carbocycles. The number of nitrogens with one attached hydrogen (secondary N) is 1. The summed E-state index contributed by atoms with van der Waals surface area (Å²) >= 11 is 0. The fourth-order valence-corrected chi connectivity index (χ4v) is 4.24. The molecule has 0 radical (unpaired) electrons. The molecule has 1 aromatic heterocycles. The first-order chi connectivity index (χ1) is 15.1. The number of fused-ring (bicyclic) bond motifs is 1. The van der Waals surface area contributed by atoms with Gasteiger partial charge in [0.15, 0.2) is 23.1 Å². The molecule has 2 heterocycles. The van der Waals surface area contributed by atoms with E-state index in [1.165, 1.54) is 6.07 Å². The van der Waals surface area contributed by atoms with Gasteiger partial charge in [0.1, 0.15) is 11.9 Å². The van der Waals surface area contributed by atoms with Crippen LogP contribution in [0.15, 0.2) is 53.7 Å². The highest BCUT2D eigenvalue weighted by Crippen LogP contribution is 2.42. The number of aromatic nitrogens is 3. The zero-order valence-corrected chi connectivity index (χ0v) is 17.2. The number of ether oxygens (including phenoxy) is 2. The Labute approximate surface area is 178 Å². The van der Waals surface area contributed by atoms with E-state index in [0.717, 1.165) is 24.1 Å². The van der Waals surface area contributed by atoms with Crippen LogP contribution in [0.25, 0.3) is 11.4 Å². The predicted molar refractivity (Wildman–Crippen MR) is 113 cm³/mol. The number of rotatable bonds is 4. The number of carbonyl (C=O) groups excluding carboxylic acids is 1. The molecule has 0 saturated heterocycles. The second kappa shape index (κ2) is 7.54. The topological polar surface area (TPSA) is 78.3 Å². The molecular weight excluding hydrogens is 399 g/mol. The Morgan fingerprint density at radius 2 is 1.90 bits per heavy atom. The lowest BCUT2D eigenvalue weighted by Gasteiger charge is -2.32. The molecule has 0 fully saturated rings. The Bertz CT molecular complexity index is 1220. The summed E-state index contributed by atoms with van der Waals surface area (Å²) < 4.78 is 26.9. The zero-order valence-electron chi connectivity index (χ0n) is 17.2. The van der Waals surface area contributed by atoms with Crippen molar-refractivity contribution in [2.45, 2.75) is 25.3 Å². The van der Waals surface area contributed by atoms with Crippen LogP contribution in [0.3, 0.4) is 0 Å². The molecule has 5 rings (SSSR count). The van der Waals surface area contributed by atoms with Gasteiger partial charge in [-0.2, -0.15) is 4.98 Å². The van der Waals surface area contributed by atoms with Crippen molar-refractivity contribution in [3.63, 3.8) is 0 Å². The number of anilines is 1. The molecule has 8 heteroatoms. The number of hydrogen-bond donors (Lipinski definition) is 1. The molecule has 0 spiro atoms. The number of carbonyl (C=O) groups is 1. The van der Waals surface area contributed by atoms with Gasteiger partial charge in [0.05, 0.1) is 19.8 Å². The van der Waals surface area contributed by atoms with Crippen molar-refractivity contribution in [1.82, 2.24) is 14.8 Å². The van der Waals surface area contributed by atoms with Crippen molar-refractivity contribution in [3.05, 3.63) is 65.1 Å². The average molecular weight is 420 g/mol. The Hall–Kier alpha value is -3.68. The van der Waals surface area contributed by atoms with E-state index in [4.69, 9.17) is 9.47 Å². The van der Waals surface area contributed by atoms with Crippen molar-refractivity contribution < 1.29 is 18.7 Å². The first kappa shape index (κ1) is 19.3. The maximum atomic E-state index is 14.4. The van der Waals surface area contributed by atoms with Gasteiger partial charge in [0, 0.05) is 17.7 Å². The predicted octanol–water partition coefficient (Wildman–Crippen LogP) is 4.12. The van der Waals surface area contributed by atoms with Crippen molar-refractivity contribution in [2.75, 3.05) is 19.5 Å². The van der Waals surface area contributed by atoms with Crippen molar-refractivity contribution >= 4 is 11.7 Å². The van der Waals surface area contributed by atoms with Gasteiger partial charge in [0.2, 0.25) is 5.95 Å². The van der Waals surface area contributed by atoms with Crippen LogP contribution in [0.2, 0.25) is 0 Å². The molecule has 0 saturated carbocycles. The number of halogens is 1. The second-order valence-electron chi connectivity index (χ2n) is 7.49. The highest BCUT2D eigenvalue weighted by atomic mass is 19.1. The Morgan fingerprint density at radius 3 is 2.68 bits per heavy atom. The average Bonchev–Trinajstić information content (AvgIpc) is 3.21. The number of hydrogen-bond acceptors (Lipinski definition) is 6. The summed E-state index contributed by atoms with van der Waals surface area (Å²) in [5.74, 6) is 1.56. The van der Waals surface area contributed by atoms with Crippen LogP contribution in [0, 0.1) is 5.82 Å². The molecule has 1 aliphatic heterocycles. The van der Waals surface area contributed by atoms with Crippen LogP contribution >= 0.6 is 0 Å². The van der Waals surface area contributed by atoms with Crippen molar-refractivity contribution in [1.29, 1.82) is 0 Å². The van der Waals surface area contributed by atoms with Crippen LogP contribution in [-0.4, -0.2) is 34.8 Å². The van der Waals surface area contributed by atoms with Gasteiger partial charge in [-0.15, -0.1) is 5.10 Å². The van der Waals surface area contributed by atoms with E-state index in [9.17, 15) is 9.18 Å². The minimum absolute atomic E-state index is 0.0714. The molecule has 1 aliphatic carbocycles. The van der Waals surface area contributed by atoms with Gasteiger partial charge in [-0.1, -0.05) is 18.2 Å². The summed E-state index contributed by atoms with van der Waals surface area (Å²) in [5.41, 5.74) is 2.63. The van der Waals surface area contributed by atoms with Crippen LogP contribution in [-0.2, 0) is 4.79 Å². The SMILES string of the molecule is COc1ccc(C2C3=C(CCCC3=O)Nc3nc(-c4ccccc4F)nn32)cc1OC. The first-order valence-electron chi connectivity index (χ1n) is 10.1. The lowest BCUT2D eigenvalue weighted by atomic mass is 9.85. The Morgan fingerprint density at radius 1 is 1.10 bits per heavy atom. The molecule has 7 nitrogen and oxygen atoms in total. The number of methoxy groups -OCH3 is 2. The number of nitrogens with zero attached hydrogens (tertiary/aromatic N) is 3. The molecule has 0 bridgehead atoms. The normalized spacial score (nSPS) is 17.6. The molecule has 2 aliphatic rings. The van der Waals surface area contributed by atoms with Gasteiger partial charge in [0.25, 0.3) is 0 Å². The highest BCUT2D eigenvalue weighted by molar-refractivity contribution is 5.99. The molecule has 0 amide bonds. The van der Waals surface area contributed by atoms with Crippen LogP contribution in [0.1, 0.15) is 30.9 Å². The number of Topliss-reactive ketones (excluding diaryl/α,β-unsaturated/α-hetero) is 1. The van der Waals surface area contributed by atoms with Crippen molar-refractivity contribution in [2.24, 2.45) is 0 Å². The van der Waals surface area contributed by atoms with E-state index >= 15 is 0 Å². The standard InChI is InChI=1S/C23H21FN4O3/c1-30-18-11-10-13(12-19(18)31-2)21-20-16(8-5-9-17(20)29)25-23-26-22(27-28(21)23)14-6-3-4-7-15(14)24/h3-4,6-7,10-12,21H,5,8-9H2,1-2H3,(H,25,26,27). The smallest absolute Gasteiger partial charge is 0.226 e. The third-order valence-electron chi connectivity index (χ3n) is 5.71. The number of benzene rings is 2. The summed E-state index contributed by atoms with van der Waals surface area (Å²) in [6.45, 7) is 0. The fraction of sp³-hybridized carbons (Fsp3) is 0.261. The zero-order chi connectivity index (χ0) is 21.5. The molecule has 1 unspecified atom stereocenters. The van der Waals surface area contributed by atoms with Gasteiger partial charge in [-0.3, -0.25) is 4.79 Å². The van der Waals surface area contributed by atoms with E-state index in [1.807, 2.05) is 12.1 Å². The maximum absolute atomic E-state index is 14.4. The molecule has 1 N–H and O–H groups in total. The third kappa shape index (κ3) is 3.15. The first-order valence-corrected chi connectivity index (χ1v) is 10.1. The molecular formula is C23H21FN4O3. The summed E-state index contributed by atoms with van der Waals surface area (Å²) in [5, 5.41) is 7.87. The summed E-state index contributed by atoms with van der Waals surface area (Å²) in [4.78, 5) is 17.5. The molecule has 1 atom stereocenters. The van der Waals surface area contributed by atoms with E-state index in [-0.39, 0.29) is 11.6 Å². The third-order valence-corrected chi connectivity index (χ3v) is 5.71. The summed E-state index contributed by atoms with van der Waals surface area (Å²) in [6, 6.07) is 11.4. The molecule has 3 aromatic rings. The molecule has 31 heavy (non-hydrogen) atoms. The Kier molecular flexibility index (Phi) is 4.69. The summed E-state index contributed by atoms with van der Waals surface area (Å²) in [7, 11) is 3.14. The van der Waals surface area contributed by atoms with Crippen LogP contribution < -0.4 is 14.8 Å². The summed E-state index contributed by atoms with van der Waals surface area (Å²) in [6.07, 6.45) is 2.00. The van der Waals surface area contributed by atoms with Gasteiger partial charge >= 0.3 is 0 Å². The fourth-order valence-electron chi connectivity index (χ4n) is 4.24. The Balaban J connectivity index is 1.69. The quantitative estimate of drug-likeness (QED) is 0.684. The van der Waals surface area contributed by atoms with Gasteiger partial charge in [-0.25, -0.2) is 9.07 Å². The lowest BCUT2D eigenvalue weighted by molar-refractivity contribution is -0.116. The lowest BCUT2D eigenvalue weighted by Crippen LogP contribution is -2.31. The van der Waals surface area contributed by atoms with Crippen LogP contribution in [0.5, 0.6) is 11.5 Å². The van der Waals surface area contributed by atoms with E-state index < -0.39 is 11.9 Å². The minimum Gasteiger partial charge on any atom is -0.493 e. The van der Waals surface area contributed by atoms with E-state index in [0.29, 0.717) is 35.0 Å². The molecule has 158 valence electrons. The van der Waals surface area contributed by atoms with E-state index in [1.54, 1.807) is 43.2 Å². The highest BCUT2D eigenvalue weighted by Gasteiger charge is 2.37. The van der Waals surface area contributed by atoms with Gasteiger partial charge in [-0.05, 0) is 42.7 Å². The monoisotopic (exact) mass is 420 g/mol. The number of ketones is 1.